The SMILES string of the molecule is Cc1ccccc1NC(=O)Oc1ccccc1-n1cccc1. The number of benzene rings is 2. The summed E-state index contributed by atoms with van der Waals surface area (Å²) in [4.78, 5) is 12.1. The number of nitrogens with zero attached hydrogens (tertiary/aromatic N) is 1. The van der Waals surface area contributed by atoms with E-state index in [-0.39, 0.29) is 0 Å². The van der Waals surface area contributed by atoms with Crippen LogP contribution in [0.15, 0.2) is 73.1 Å². The van der Waals surface area contributed by atoms with Crippen molar-refractivity contribution in [3.8, 4) is 11.4 Å². The number of nitrogens with one attached hydrogen (secondary N) is 1. The first-order chi connectivity index (χ1) is 10.7. The van der Waals surface area contributed by atoms with Gasteiger partial charge in [-0.2, -0.15) is 0 Å². The van der Waals surface area contributed by atoms with E-state index in [0.717, 1.165) is 16.9 Å². The number of rotatable bonds is 3. The minimum atomic E-state index is -0.506. The van der Waals surface area contributed by atoms with Crippen LogP contribution >= 0.6 is 0 Å². The van der Waals surface area contributed by atoms with Gasteiger partial charge in [0.2, 0.25) is 0 Å². The molecule has 1 heterocycles. The zero-order valence-electron chi connectivity index (χ0n) is 12.2. The van der Waals surface area contributed by atoms with Crippen molar-refractivity contribution in [2.75, 3.05) is 5.32 Å². The average molecular weight is 292 g/mol. The van der Waals surface area contributed by atoms with Gasteiger partial charge in [0.1, 0.15) is 0 Å². The monoisotopic (exact) mass is 292 g/mol. The molecule has 110 valence electrons. The van der Waals surface area contributed by atoms with Crippen molar-refractivity contribution in [2.45, 2.75) is 6.92 Å². The number of ether oxygens (including phenoxy) is 1. The standard InChI is InChI=1S/C18H16N2O2/c1-14-8-2-3-9-15(14)19-18(21)22-17-11-5-4-10-16(17)20-12-6-7-13-20/h2-13H,1H3,(H,19,21). The van der Waals surface area contributed by atoms with Crippen LogP contribution in [0.5, 0.6) is 5.75 Å². The number of amides is 1. The molecule has 0 aliphatic rings. The zero-order chi connectivity index (χ0) is 15.4. The largest absolute Gasteiger partial charge is 0.417 e. The molecular weight excluding hydrogens is 276 g/mol. The Morgan fingerprint density at radius 3 is 2.41 bits per heavy atom. The molecular formula is C18H16N2O2. The lowest BCUT2D eigenvalue weighted by Gasteiger charge is -2.12. The molecule has 0 fully saturated rings. The van der Waals surface area contributed by atoms with Crippen molar-refractivity contribution >= 4 is 11.8 Å². The second-order valence-corrected chi connectivity index (χ2v) is 4.89. The molecule has 0 atom stereocenters. The van der Waals surface area contributed by atoms with Gasteiger partial charge in [-0.3, -0.25) is 5.32 Å². The summed E-state index contributed by atoms with van der Waals surface area (Å²) in [6.45, 7) is 1.93. The topological polar surface area (TPSA) is 43.3 Å². The van der Waals surface area contributed by atoms with Gasteiger partial charge in [-0.1, -0.05) is 30.3 Å². The Morgan fingerprint density at radius 2 is 1.64 bits per heavy atom. The van der Waals surface area contributed by atoms with E-state index in [9.17, 15) is 4.79 Å². The third-order valence-electron chi connectivity index (χ3n) is 3.33. The van der Waals surface area contributed by atoms with Crippen LogP contribution in [0.4, 0.5) is 10.5 Å². The molecule has 0 bridgehead atoms. The summed E-state index contributed by atoms with van der Waals surface area (Å²) in [6, 6.07) is 18.8. The average Bonchev–Trinajstić information content (AvgIpc) is 3.04. The van der Waals surface area contributed by atoms with Crippen molar-refractivity contribution in [2.24, 2.45) is 0 Å². The molecule has 4 heteroatoms. The molecule has 22 heavy (non-hydrogen) atoms. The second-order valence-electron chi connectivity index (χ2n) is 4.89. The number of aromatic nitrogens is 1. The van der Waals surface area contributed by atoms with Crippen LogP contribution in [0, 0.1) is 6.92 Å². The van der Waals surface area contributed by atoms with E-state index in [0.29, 0.717) is 5.75 Å². The number of carbonyl (C=O) groups excluding carboxylic acids is 1. The van der Waals surface area contributed by atoms with Crippen molar-refractivity contribution in [3.63, 3.8) is 0 Å². The van der Waals surface area contributed by atoms with Crippen LogP contribution < -0.4 is 10.1 Å². The van der Waals surface area contributed by atoms with Crippen molar-refractivity contribution in [1.82, 2.24) is 4.57 Å². The Labute approximate surface area is 129 Å². The third kappa shape index (κ3) is 3.01. The highest BCUT2D eigenvalue weighted by Gasteiger charge is 2.10. The van der Waals surface area contributed by atoms with E-state index < -0.39 is 6.09 Å². The molecule has 0 unspecified atom stereocenters. The summed E-state index contributed by atoms with van der Waals surface area (Å²) in [5.74, 6) is 0.504. The Balaban J connectivity index is 1.79. The lowest BCUT2D eigenvalue weighted by atomic mass is 10.2. The van der Waals surface area contributed by atoms with E-state index >= 15 is 0 Å². The molecule has 1 N–H and O–H groups in total. The first-order valence-electron chi connectivity index (χ1n) is 7.01. The Hall–Kier alpha value is -3.01. The highest BCUT2D eigenvalue weighted by molar-refractivity contribution is 5.87. The van der Waals surface area contributed by atoms with Gasteiger partial charge in [-0.05, 0) is 42.8 Å². The first kappa shape index (κ1) is 13.9. The molecule has 3 aromatic rings. The van der Waals surface area contributed by atoms with Crippen LogP contribution in [0.1, 0.15) is 5.56 Å². The van der Waals surface area contributed by atoms with Gasteiger partial charge in [-0.15, -0.1) is 0 Å². The number of anilines is 1. The maximum absolute atomic E-state index is 12.1. The number of aryl methyl sites for hydroxylation is 1. The van der Waals surface area contributed by atoms with Crippen LogP contribution in [-0.4, -0.2) is 10.7 Å². The molecule has 2 aromatic carbocycles. The van der Waals surface area contributed by atoms with Gasteiger partial charge in [0.15, 0.2) is 5.75 Å². The molecule has 0 aliphatic heterocycles. The van der Waals surface area contributed by atoms with Crippen LogP contribution in [0.2, 0.25) is 0 Å². The molecule has 1 aromatic heterocycles. The minimum Gasteiger partial charge on any atom is -0.408 e. The Kier molecular flexibility index (Phi) is 3.92. The molecule has 3 rings (SSSR count). The molecule has 1 amide bonds. The summed E-state index contributed by atoms with van der Waals surface area (Å²) < 4.78 is 7.36. The summed E-state index contributed by atoms with van der Waals surface area (Å²) in [6.07, 6.45) is 3.30. The van der Waals surface area contributed by atoms with E-state index in [1.165, 1.54) is 0 Å². The molecule has 4 nitrogen and oxygen atoms in total. The van der Waals surface area contributed by atoms with Crippen molar-refractivity contribution in [3.05, 3.63) is 78.6 Å². The smallest absolute Gasteiger partial charge is 0.408 e. The van der Waals surface area contributed by atoms with Crippen molar-refractivity contribution in [1.29, 1.82) is 0 Å². The van der Waals surface area contributed by atoms with Gasteiger partial charge in [0.25, 0.3) is 0 Å². The Morgan fingerprint density at radius 1 is 0.955 bits per heavy atom. The fourth-order valence-corrected chi connectivity index (χ4v) is 2.20. The zero-order valence-corrected chi connectivity index (χ0v) is 12.2. The molecule has 0 spiro atoms. The van der Waals surface area contributed by atoms with Crippen LogP contribution in [0.3, 0.4) is 0 Å². The summed E-state index contributed by atoms with van der Waals surface area (Å²) in [5.41, 5.74) is 2.54. The van der Waals surface area contributed by atoms with Crippen LogP contribution in [0.25, 0.3) is 5.69 Å². The Bertz CT molecular complexity index is 779. The molecule has 0 radical (unpaired) electrons. The fourth-order valence-electron chi connectivity index (χ4n) is 2.20. The summed E-state index contributed by atoms with van der Waals surface area (Å²) in [5, 5.41) is 2.76. The van der Waals surface area contributed by atoms with Crippen LogP contribution in [-0.2, 0) is 0 Å². The number of carbonyl (C=O) groups is 1. The van der Waals surface area contributed by atoms with Gasteiger partial charge in [0, 0.05) is 18.1 Å². The normalized spacial score (nSPS) is 10.2. The van der Waals surface area contributed by atoms with Gasteiger partial charge >= 0.3 is 6.09 Å². The maximum Gasteiger partial charge on any atom is 0.417 e. The third-order valence-corrected chi connectivity index (χ3v) is 3.33. The highest BCUT2D eigenvalue weighted by atomic mass is 16.6. The number of hydrogen-bond acceptors (Lipinski definition) is 2. The second kappa shape index (κ2) is 6.18. The molecule has 0 saturated heterocycles. The van der Waals surface area contributed by atoms with E-state index in [4.69, 9.17) is 4.74 Å². The minimum absolute atomic E-state index is 0.504. The lowest BCUT2D eigenvalue weighted by Crippen LogP contribution is -2.18. The summed E-state index contributed by atoms with van der Waals surface area (Å²) in [7, 11) is 0. The fraction of sp³-hybridized carbons (Fsp3) is 0.0556. The number of para-hydroxylation sites is 3. The summed E-state index contributed by atoms with van der Waals surface area (Å²) >= 11 is 0. The van der Waals surface area contributed by atoms with Gasteiger partial charge in [0.05, 0.1) is 5.69 Å². The highest BCUT2D eigenvalue weighted by Crippen LogP contribution is 2.23. The maximum atomic E-state index is 12.1. The number of hydrogen-bond donors (Lipinski definition) is 1. The van der Waals surface area contributed by atoms with E-state index in [1.54, 1.807) is 6.07 Å². The predicted molar refractivity (Wildman–Crippen MR) is 86.6 cm³/mol. The van der Waals surface area contributed by atoms with E-state index in [2.05, 4.69) is 5.32 Å². The molecule has 0 aliphatic carbocycles. The van der Waals surface area contributed by atoms with Crippen molar-refractivity contribution < 1.29 is 9.53 Å². The predicted octanol–water partition coefficient (Wildman–Crippen LogP) is 4.40. The lowest BCUT2D eigenvalue weighted by molar-refractivity contribution is 0.215. The van der Waals surface area contributed by atoms with Gasteiger partial charge in [-0.25, -0.2) is 4.79 Å². The van der Waals surface area contributed by atoms with E-state index in [1.807, 2.05) is 78.5 Å². The van der Waals surface area contributed by atoms with Gasteiger partial charge < -0.3 is 9.30 Å². The quantitative estimate of drug-likeness (QED) is 0.777. The molecule has 0 saturated carbocycles. The first-order valence-corrected chi connectivity index (χ1v) is 7.01.